The van der Waals surface area contributed by atoms with Gasteiger partial charge >= 0.3 is 0 Å². The molecule has 4 fully saturated rings. The monoisotopic (exact) mass is 389 g/mol. The fraction of sp³-hybridized carbons (Fsp3) is 1.00. The summed E-state index contributed by atoms with van der Waals surface area (Å²) in [4.78, 5) is 5.95. The van der Waals surface area contributed by atoms with Crippen molar-refractivity contribution in [3.63, 3.8) is 0 Å². The molecule has 0 spiro atoms. The Morgan fingerprint density at radius 2 is 1.00 bits per heavy atom. The lowest BCUT2D eigenvalue weighted by Gasteiger charge is -2.43. The standard InChI is InChI=1S/C25H47N3/c1-3-11-22(12-4-1)26-19-20-27(23-13-5-2-6-14-23)21-28(24-15-7-8-16-24)25-17-9-10-18-25/h22-26H,1-21H2. The lowest BCUT2D eigenvalue weighted by molar-refractivity contribution is 0.0239. The van der Waals surface area contributed by atoms with Crippen LogP contribution in [0.3, 0.4) is 0 Å². The molecule has 0 unspecified atom stereocenters. The van der Waals surface area contributed by atoms with Gasteiger partial charge in [-0.1, -0.05) is 64.2 Å². The van der Waals surface area contributed by atoms with Crippen LogP contribution in [0.2, 0.25) is 0 Å². The van der Waals surface area contributed by atoms with Gasteiger partial charge in [-0.2, -0.15) is 0 Å². The molecule has 1 N–H and O–H groups in total. The van der Waals surface area contributed by atoms with E-state index >= 15 is 0 Å². The van der Waals surface area contributed by atoms with Gasteiger partial charge in [0.05, 0.1) is 6.67 Å². The minimum atomic E-state index is 0.808. The Kier molecular flexibility index (Phi) is 8.54. The number of nitrogens with zero attached hydrogens (tertiary/aromatic N) is 2. The van der Waals surface area contributed by atoms with Crippen molar-refractivity contribution in [1.82, 2.24) is 15.1 Å². The van der Waals surface area contributed by atoms with E-state index in [1.165, 1.54) is 135 Å². The van der Waals surface area contributed by atoms with E-state index < -0.39 is 0 Å². The second-order valence-electron chi connectivity index (χ2n) is 10.4. The summed E-state index contributed by atoms with van der Waals surface area (Å²) in [5.74, 6) is 0. The van der Waals surface area contributed by atoms with Gasteiger partial charge in [0, 0.05) is 37.3 Å². The minimum Gasteiger partial charge on any atom is -0.313 e. The van der Waals surface area contributed by atoms with Crippen LogP contribution in [0.1, 0.15) is 116 Å². The van der Waals surface area contributed by atoms with Crippen LogP contribution in [-0.4, -0.2) is 53.7 Å². The Morgan fingerprint density at radius 3 is 1.57 bits per heavy atom. The summed E-state index contributed by atoms with van der Waals surface area (Å²) >= 11 is 0. The number of hydrogen-bond donors (Lipinski definition) is 1. The van der Waals surface area contributed by atoms with E-state index in [9.17, 15) is 0 Å². The van der Waals surface area contributed by atoms with Gasteiger partial charge in [0.2, 0.25) is 0 Å². The topological polar surface area (TPSA) is 18.5 Å². The summed E-state index contributed by atoms with van der Waals surface area (Å²) in [5, 5.41) is 3.94. The van der Waals surface area contributed by atoms with Crippen LogP contribution in [0.25, 0.3) is 0 Å². The molecule has 4 aliphatic carbocycles. The zero-order chi connectivity index (χ0) is 19.0. The van der Waals surface area contributed by atoms with Crippen LogP contribution in [0, 0.1) is 0 Å². The third kappa shape index (κ3) is 5.95. The molecule has 3 heteroatoms. The molecule has 0 aromatic carbocycles. The third-order valence-corrected chi connectivity index (χ3v) is 8.46. The third-order valence-electron chi connectivity index (χ3n) is 8.46. The van der Waals surface area contributed by atoms with E-state index in [0.717, 1.165) is 24.2 Å². The number of rotatable bonds is 9. The molecule has 4 rings (SSSR count). The molecular formula is C25H47N3. The maximum absolute atomic E-state index is 3.94. The van der Waals surface area contributed by atoms with Crippen LogP contribution >= 0.6 is 0 Å². The van der Waals surface area contributed by atoms with Gasteiger partial charge in [-0.15, -0.1) is 0 Å². The summed E-state index contributed by atoms with van der Waals surface area (Å²) < 4.78 is 0. The molecule has 4 saturated carbocycles. The fourth-order valence-electron chi connectivity index (χ4n) is 6.74. The summed E-state index contributed by atoms with van der Waals surface area (Å²) in [7, 11) is 0. The average Bonchev–Trinajstić information content (AvgIpc) is 3.46. The van der Waals surface area contributed by atoms with Crippen molar-refractivity contribution < 1.29 is 0 Å². The van der Waals surface area contributed by atoms with Crippen molar-refractivity contribution in [3.05, 3.63) is 0 Å². The van der Waals surface area contributed by atoms with Gasteiger partial charge < -0.3 is 5.32 Å². The Morgan fingerprint density at radius 1 is 0.536 bits per heavy atom. The quantitative estimate of drug-likeness (QED) is 0.511. The zero-order valence-corrected chi connectivity index (χ0v) is 18.6. The van der Waals surface area contributed by atoms with Gasteiger partial charge in [0.25, 0.3) is 0 Å². The largest absolute Gasteiger partial charge is 0.313 e. The highest BCUT2D eigenvalue weighted by Crippen LogP contribution is 2.33. The highest BCUT2D eigenvalue weighted by atomic mass is 15.4. The van der Waals surface area contributed by atoms with Crippen molar-refractivity contribution >= 4 is 0 Å². The summed E-state index contributed by atoms with van der Waals surface area (Å²) in [5.41, 5.74) is 0. The Balaban J connectivity index is 1.35. The van der Waals surface area contributed by atoms with E-state index in [2.05, 4.69) is 15.1 Å². The van der Waals surface area contributed by atoms with Crippen LogP contribution < -0.4 is 5.32 Å². The predicted octanol–water partition coefficient (Wildman–Crippen LogP) is 5.69. The van der Waals surface area contributed by atoms with Crippen molar-refractivity contribution in [2.45, 2.75) is 140 Å². The molecule has 0 bridgehead atoms. The molecule has 28 heavy (non-hydrogen) atoms. The van der Waals surface area contributed by atoms with Crippen LogP contribution in [0.5, 0.6) is 0 Å². The second-order valence-corrected chi connectivity index (χ2v) is 10.4. The van der Waals surface area contributed by atoms with Crippen LogP contribution in [-0.2, 0) is 0 Å². The van der Waals surface area contributed by atoms with Crippen molar-refractivity contribution in [2.75, 3.05) is 19.8 Å². The van der Waals surface area contributed by atoms with Gasteiger partial charge in [-0.05, 0) is 51.4 Å². The average molecular weight is 390 g/mol. The lowest BCUT2D eigenvalue weighted by atomic mass is 9.94. The maximum atomic E-state index is 3.94. The molecule has 162 valence electrons. The number of nitrogens with one attached hydrogen (secondary N) is 1. The first-order valence-electron chi connectivity index (χ1n) is 13.1. The summed E-state index contributed by atoms with van der Waals surface area (Å²) in [6, 6.07) is 3.44. The molecule has 0 saturated heterocycles. The van der Waals surface area contributed by atoms with Gasteiger partial charge in [-0.25, -0.2) is 0 Å². The van der Waals surface area contributed by atoms with Crippen molar-refractivity contribution in [1.29, 1.82) is 0 Å². The molecule has 4 aliphatic rings. The highest BCUT2D eigenvalue weighted by Gasteiger charge is 2.33. The molecule has 3 nitrogen and oxygen atoms in total. The van der Waals surface area contributed by atoms with E-state index in [1.807, 2.05) is 0 Å². The maximum Gasteiger partial charge on any atom is 0.0514 e. The molecule has 0 heterocycles. The van der Waals surface area contributed by atoms with E-state index in [1.54, 1.807) is 0 Å². The van der Waals surface area contributed by atoms with Crippen LogP contribution in [0.4, 0.5) is 0 Å². The van der Waals surface area contributed by atoms with Gasteiger partial charge in [0.1, 0.15) is 0 Å². The van der Waals surface area contributed by atoms with Gasteiger partial charge in [0.15, 0.2) is 0 Å². The normalized spacial score (nSPS) is 26.8. The molecule has 0 amide bonds. The first kappa shape index (κ1) is 21.1. The predicted molar refractivity (Wildman–Crippen MR) is 120 cm³/mol. The first-order valence-corrected chi connectivity index (χ1v) is 13.1. The van der Waals surface area contributed by atoms with E-state index in [4.69, 9.17) is 0 Å². The fourth-order valence-corrected chi connectivity index (χ4v) is 6.74. The highest BCUT2D eigenvalue weighted by molar-refractivity contribution is 4.87. The Hall–Kier alpha value is -0.120. The number of hydrogen-bond acceptors (Lipinski definition) is 3. The minimum absolute atomic E-state index is 0.808. The molecular weight excluding hydrogens is 342 g/mol. The molecule has 0 aromatic heterocycles. The van der Waals surface area contributed by atoms with Crippen molar-refractivity contribution in [2.24, 2.45) is 0 Å². The molecule has 0 aliphatic heterocycles. The summed E-state index contributed by atoms with van der Waals surface area (Å²) in [6.07, 6.45) is 26.2. The van der Waals surface area contributed by atoms with E-state index in [0.29, 0.717) is 0 Å². The second kappa shape index (κ2) is 11.3. The van der Waals surface area contributed by atoms with Crippen LogP contribution in [0.15, 0.2) is 0 Å². The Labute approximate surface area is 175 Å². The molecule has 0 aromatic rings. The van der Waals surface area contributed by atoms with Gasteiger partial charge in [-0.3, -0.25) is 9.80 Å². The summed E-state index contributed by atoms with van der Waals surface area (Å²) in [6.45, 7) is 3.76. The molecule has 0 radical (unpaired) electrons. The Bertz CT molecular complexity index is 400. The lowest BCUT2D eigenvalue weighted by Crippen LogP contribution is -2.52. The molecule has 0 atom stereocenters. The SMILES string of the molecule is C1CCC(NCCN(CN(C2CCCC2)C2CCCC2)C2CCCCC2)CC1. The zero-order valence-electron chi connectivity index (χ0n) is 18.6. The smallest absolute Gasteiger partial charge is 0.0514 e. The van der Waals surface area contributed by atoms with Crippen molar-refractivity contribution in [3.8, 4) is 0 Å². The first-order chi connectivity index (χ1) is 13.9. The van der Waals surface area contributed by atoms with E-state index in [-0.39, 0.29) is 0 Å².